The first-order chi connectivity index (χ1) is 10.2. The SMILES string of the molecule is CCCNc1nc(NC2CCCC2SCC)c(Cl)cc1Cl. The first-order valence-corrected chi connectivity index (χ1v) is 9.44. The first kappa shape index (κ1) is 17.0. The topological polar surface area (TPSA) is 37.0 Å². The summed E-state index contributed by atoms with van der Waals surface area (Å²) < 4.78 is 0. The van der Waals surface area contributed by atoms with E-state index in [-0.39, 0.29) is 0 Å². The van der Waals surface area contributed by atoms with Gasteiger partial charge in [0.2, 0.25) is 0 Å². The van der Waals surface area contributed by atoms with Gasteiger partial charge in [-0.25, -0.2) is 4.98 Å². The lowest BCUT2D eigenvalue weighted by molar-refractivity contribution is 0.762. The van der Waals surface area contributed by atoms with Gasteiger partial charge in [0.05, 0.1) is 10.0 Å². The third-order valence-electron chi connectivity index (χ3n) is 3.63. The maximum atomic E-state index is 6.29. The minimum absolute atomic E-state index is 0.445. The molecule has 118 valence electrons. The summed E-state index contributed by atoms with van der Waals surface area (Å²) in [6, 6.07) is 2.22. The summed E-state index contributed by atoms with van der Waals surface area (Å²) in [6.07, 6.45) is 4.74. The molecule has 0 aromatic carbocycles. The zero-order valence-corrected chi connectivity index (χ0v) is 14.9. The molecule has 0 amide bonds. The lowest BCUT2D eigenvalue weighted by Crippen LogP contribution is -2.27. The Balaban J connectivity index is 2.11. The van der Waals surface area contributed by atoms with Crippen molar-refractivity contribution in [3.63, 3.8) is 0 Å². The van der Waals surface area contributed by atoms with Gasteiger partial charge in [-0.1, -0.05) is 43.5 Å². The molecule has 0 aliphatic heterocycles. The van der Waals surface area contributed by atoms with Gasteiger partial charge in [-0.3, -0.25) is 0 Å². The molecule has 0 spiro atoms. The van der Waals surface area contributed by atoms with Crippen LogP contribution in [0.2, 0.25) is 10.0 Å². The summed E-state index contributed by atoms with van der Waals surface area (Å²) in [4.78, 5) is 4.57. The second-order valence-electron chi connectivity index (χ2n) is 5.25. The van der Waals surface area contributed by atoms with Gasteiger partial charge in [0, 0.05) is 17.8 Å². The average molecular weight is 348 g/mol. The smallest absolute Gasteiger partial charge is 0.147 e. The fourth-order valence-electron chi connectivity index (χ4n) is 2.62. The number of anilines is 2. The Bertz CT molecular complexity index is 470. The van der Waals surface area contributed by atoms with E-state index in [1.54, 1.807) is 6.07 Å². The quantitative estimate of drug-likeness (QED) is 0.701. The van der Waals surface area contributed by atoms with Gasteiger partial charge in [0.15, 0.2) is 0 Å². The van der Waals surface area contributed by atoms with Gasteiger partial charge in [0.25, 0.3) is 0 Å². The molecule has 6 heteroatoms. The van der Waals surface area contributed by atoms with Crippen LogP contribution in [-0.4, -0.2) is 28.6 Å². The number of hydrogen-bond acceptors (Lipinski definition) is 4. The summed E-state index contributed by atoms with van der Waals surface area (Å²) in [5, 5.41) is 8.58. The lowest BCUT2D eigenvalue weighted by Gasteiger charge is -2.22. The van der Waals surface area contributed by atoms with Crippen molar-refractivity contribution < 1.29 is 0 Å². The van der Waals surface area contributed by atoms with Crippen LogP contribution in [0.25, 0.3) is 0 Å². The predicted molar refractivity (Wildman–Crippen MR) is 96.2 cm³/mol. The minimum atomic E-state index is 0.445. The standard InChI is InChI=1S/C15H23Cl2N3S/c1-3-8-18-14-10(16)9-11(17)15(20-14)19-12-6-5-7-13(12)21-4-2/h9,12-13H,3-8H2,1-2H3,(H2,18,19,20). The molecule has 1 aromatic heterocycles. The highest BCUT2D eigenvalue weighted by Crippen LogP contribution is 2.35. The number of pyridine rings is 1. The number of aromatic nitrogens is 1. The number of thioether (sulfide) groups is 1. The normalized spacial score (nSPS) is 21.5. The molecule has 0 radical (unpaired) electrons. The Labute approximate surface area is 141 Å². The maximum absolute atomic E-state index is 6.29. The number of nitrogens with one attached hydrogen (secondary N) is 2. The molecule has 2 atom stereocenters. The molecule has 2 N–H and O–H groups in total. The van der Waals surface area contributed by atoms with E-state index in [4.69, 9.17) is 23.2 Å². The lowest BCUT2D eigenvalue weighted by atomic mass is 10.2. The number of rotatable bonds is 7. The molecular weight excluding hydrogens is 325 g/mol. The van der Waals surface area contributed by atoms with Crippen molar-refractivity contribution in [3.8, 4) is 0 Å². The highest BCUT2D eigenvalue weighted by Gasteiger charge is 2.28. The van der Waals surface area contributed by atoms with Gasteiger partial charge in [-0.15, -0.1) is 0 Å². The van der Waals surface area contributed by atoms with Crippen LogP contribution in [0.3, 0.4) is 0 Å². The van der Waals surface area contributed by atoms with Crippen LogP contribution in [0.4, 0.5) is 11.6 Å². The zero-order chi connectivity index (χ0) is 15.2. The molecule has 2 unspecified atom stereocenters. The van der Waals surface area contributed by atoms with Crippen LogP contribution in [0, 0.1) is 0 Å². The number of nitrogens with zero attached hydrogens (tertiary/aromatic N) is 1. The highest BCUT2D eigenvalue weighted by molar-refractivity contribution is 7.99. The number of hydrogen-bond donors (Lipinski definition) is 2. The van der Waals surface area contributed by atoms with E-state index in [9.17, 15) is 0 Å². The summed E-state index contributed by atoms with van der Waals surface area (Å²) in [5.41, 5.74) is 0. The third-order valence-corrected chi connectivity index (χ3v) is 5.53. The van der Waals surface area contributed by atoms with Gasteiger partial charge >= 0.3 is 0 Å². The van der Waals surface area contributed by atoms with Crippen LogP contribution in [0.1, 0.15) is 39.5 Å². The summed E-state index contributed by atoms with van der Waals surface area (Å²) in [5.74, 6) is 2.60. The second kappa shape index (κ2) is 8.35. The maximum Gasteiger partial charge on any atom is 0.147 e. The molecule has 2 rings (SSSR count). The molecule has 3 nitrogen and oxygen atoms in total. The van der Waals surface area contributed by atoms with Crippen LogP contribution in [-0.2, 0) is 0 Å². The van der Waals surface area contributed by atoms with Crippen molar-refractivity contribution in [2.24, 2.45) is 0 Å². The van der Waals surface area contributed by atoms with Crippen molar-refractivity contribution in [1.29, 1.82) is 0 Å². The number of halogens is 2. The van der Waals surface area contributed by atoms with E-state index in [0.29, 0.717) is 27.2 Å². The molecule has 0 saturated heterocycles. The average Bonchev–Trinajstić information content (AvgIpc) is 2.88. The molecule has 1 saturated carbocycles. The first-order valence-electron chi connectivity index (χ1n) is 7.63. The van der Waals surface area contributed by atoms with E-state index < -0.39 is 0 Å². The Morgan fingerprint density at radius 2 is 2.00 bits per heavy atom. The fraction of sp³-hybridized carbons (Fsp3) is 0.667. The summed E-state index contributed by atoms with van der Waals surface area (Å²) in [7, 11) is 0. The largest absolute Gasteiger partial charge is 0.369 e. The predicted octanol–water partition coefficient (Wildman–Crippen LogP) is 5.30. The van der Waals surface area contributed by atoms with Crippen molar-refractivity contribution in [2.45, 2.75) is 50.8 Å². The third kappa shape index (κ3) is 4.57. The van der Waals surface area contributed by atoms with Crippen LogP contribution in [0.15, 0.2) is 6.07 Å². The van der Waals surface area contributed by atoms with Crippen molar-refractivity contribution >= 4 is 46.6 Å². The molecule has 1 aromatic rings. The van der Waals surface area contributed by atoms with Gasteiger partial charge in [-0.05, 0) is 31.1 Å². The van der Waals surface area contributed by atoms with E-state index in [1.807, 2.05) is 11.8 Å². The van der Waals surface area contributed by atoms with Crippen molar-refractivity contribution in [3.05, 3.63) is 16.1 Å². The Hall–Kier alpha value is -0.320. The van der Waals surface area contributed by atoms with Crippen molar-refractivity contribution in [2.75, 3.05) is 22.9 Å². The van der Waals surface area contributed by atoms with Crippen LogP contribution < -0.4 is 10.6 Å². The summed E-state index contributed by atoms with van der Waals surface area (Å²) >= 11 is 14.5. The molecule has 21 heavy (non-hydrogen) atoms. The molecule has 1 heterocycles. The van der Waals surface area contributed by atoms with Gasteiger partial charge < -0.3 is 10.6 Å². The highest BCUT2D eigenvalue weighted by atomic mass is 35.5. The van der Waals surface area contributed by atoms with Crippen LogP contribution in [0.5, 0.6) is 0 Å². The van der Waals surface area contributed by atoms with E-state index in [2.05, 4.69) is 29.5 Å². The van der Waals surface area contributed by atoms with E-state index in [0.717, 1.165) is 24.5 Å². The molecule has 1 fully saturated rings. The Morgan fingerprint density at radius 1 is 1.24 bits per heavy atom. The Kier molecular flexibility index (Phi) is 6.77. The molecular formula is C15H23Cl2N3S. The molecule has 0 bridgehead atoms. The van der Waals surface area contributed by atoms with Gasteiger partial charge in [0.1, 0.15) is 11.6 Å². The monoisotopic (exact) mass is 347 g/mol. The van der Waals surface area contributed by atoms with Gasteiger partial charge in [-0.2, -0.15) is 11.8 Å². The fourth-order valence-corrected chi connectivity index (χ4v) is 4.29. The van der Waals surface area contributed by atoms with E-state index in [1.165, 1.54) is 19.3 Å². The molecule has 1 aliphatic carbocycles. The van der Waals surface area contributed by atoms with Crippen LogP contribution >= 0.6 is 35.0 Å². The second-order valence-corrected chi connectivity index (χ2v) is 7.58. The minimum Gasteiger partial charge on any atom is -0.369 e. The molecule has 1 aliphatic rings. The van der Waals surface area contributed by atoms with E-state index >= 15 is 0 Å². The summed E-state index contributed by atoms with van der Waals surface area (Å²) in [6.45, 7) is 5.17. The van der Waals surface area contributed by atoms with Crippen molar-refractivity contribution in [1.82, 2.24) is 4.98 Å². The zero-order valence-electron chi connectivity index (χ0n) is 12.6. The Morgan fingerprint density at radius 3 is 2.71 bits per heavy atom.